The van der Waals surface area contributed by atoms with Crippen molar-refractivity contribution >= 4 is 55.9 Å². The van der Waals surface area contributed by atoms with Gasteiger partial charge in [-0.2, -0.15) is 0 Å². The van der Waals surface area contributed by atoms with Crippen LogP contribution in [0.4, 0.5) is 10.8 Å². The first-order chi connectivity index (χ1) is 16.0. The number of nitrogens with zero attached hydrogens (tertiary/aromatic N) is 1. The fourth-order valence-electron chi connectivity index (χ4n) is 3.06. The van der Waals surface area contributed by atoms with Crippen molar-refractivity contribution < 1.29 is 14.3 Å². The molecule has 168 valence electrons. The van der Waals surface area contributed by atoms with Gasteiger partial charge in [0.05, 0.1) is 15.5 Å². The zero-order valence-electron chi connectivity index (χ0n) is 18.2. The Hall–Kier alpha value is -3.36. The van der Waals surface area contributed by atoms with Crippen molar-refractivity contribution in [2.24, 2.45) is 0 Å². The number of fused-ring (bicyclic) bond motifs is 1. The van der Waals surface area contributed by atoms with Gasteiger partial charge in [0.15, 0.2) is 11.7 Å². The fraction of sp³-hybridized carbons (Fsp3) is 0.160. The van der Waals surface area contributed by atoms with Crippen LogP contribution in [0, 0.1) is 6.92 Å². The molecule has 0 spiro atoms. The summed E-state index contributed by atoms with van der Waals surface area (Å²) in [5, 5.41) is 5.99. The van der Waals surface area contributed by atoms with Crippen LogP contribution < -0.4 is 15.4 Å². The SMILES string of the molecule is Cc1ccc2nc(NC(=O)C(C)Sc3cccc(NC(=O)COc4ccccc4)c3)sc2c1. The van der Waals surface area contributed by atoms with Gasteiger partial charge < -0.3 is 15.4 Å². The minimum atomic E-state index is -0.342. The molecule has 1 unspecified atom stereocenters. The first-order valence-electron chi connectivity index (χ1n) is 10.4. The second-order valence-electron chi connectivity index (χ2n) is 7.42. The van der Waals surface area contributed by atoms with Crippen LogP contribution in [0.2, 0.25) is 0 Å². The number of hydrogen-bond acceptors (Lipinski definition) is 6. The van der Waals surface area contributed by atoms with E-state index in [1.807, 2.05) is 62.4 Å². The molecule has 4 aromatic rings. The van der Waals surface area contributed by atoms with Gasteiger partial charge >= 0.3 is 0 Å². The van der Waals surface area contributed by atoms with E-state index in [1.165, 1.54) is 23.1 Å². The number of ether oxygens (including phenoxy) is 1. The van der Waals surface area contributed by atoms with Crippen LogP contribution in [0.1, 0.15) is 12.5 Å². The maximum Gasteiger partial charge on any atom is 0.262 e. The summed E-state index contributed by atoms with van der Waals surface area (Å²) in [5.74, 6) is 0.263. The van der Waals surface area contributed by atoms with Crippen molar-refractivity contribution in [2.45, 2.75) is 24.0 Å². The highest BCUT2D eigenvalue weighted by Crippen LogP contribution is 2.29. The number of hydrogen-bond donors (Lipinski definition) is 2. The number of aromatic nitrogens is 1. The van der Waals surface area contributed by atoms with Gasteiger partial charge in [-0.1, -0.05) is 41.7 Å². The lowest BCUT2D eigenvalue weighted by atomic mass is 10.2. The Morgan fingerprint density at radius 1 is 1.03 bits per heavy atom. The molecule has 3 aromatic carbocycles. The molecule has 4 rings (SSSR count). The molecule has 8 heteroatoms. The standard InChI is InChI=1S/C25H23N3O3S2/c1-16-11-12-21-22(13-16)33-25(27-21)28-24(30)17(2)32-20-10-6-7-18(14-20)26-23(29)15-31-19-8-4-3-5-9-19/h3-14,17H,15H2,1-2H3,(H,26,29)(H,27,28,30). The number of benzene rings is 3. The van der Waals surface area contributed by atoms with Gasteiger partial charge in [-0.3, -0.25) is 9.59 Å². The van der Waals surface area contributed by atoms with Gasteiger partial charge in [-0.05, 0) is 61.9 Å². The molecule has 0 saturated carbocycles. The van der Waals surface area contributed by atoms with Crippen molar-refractivity contribution in [3.63, 3.8) is 0 Å². The monoisotopic (exact) mass is 477 g/mol. The van der Waals surface area contributed by atoms with Crippen molar-refractivity contribution in [2.75, 3.05) is 17.2 Å². The Bertz CT molecular complexity index is 1270. The number of thioether (sulfide) groups is 1. The van der Waals surface area contributed by atoms with E-state index in [9.17, 15) is 9.59 Å². The van der Waals surface area contributed by atoms with Gasteiger partial charge in [-0.15, -0.1) is 11.8 Å². The van der Waals surface area contributed by atoms with Crippen LogP contribution >= 0.6 is 23.1 Å². The van der Waals surface area contributed by atoms with E-state index in [1.54, 1.807) is 18.2 Å². The topological polar surface area (TPSA) is 80.3 Å². The Morgan fingerprint density at radius 3 is 2.67 bits per heavy atom. The molecule has 0 aliphatic heterocycles. The lowest BCUT2D eigenvalue weighted by Crippen LogP contribution is -2.22. The summed E-state index contributed by atoms with van der Waals surface area (Å²) in [6.07, 6.45) is 0. The van der Waals surface area contributed by atoms with Gasteiger partial charge in [0, 0.05) is 10.6 Å². The summed E-state index contributed by atoms with van der Waals surface area (Å²) in [6.45, 7) is 3.79. The van der Waals surface area contributed by atoms with E-state index in [0.717, 1.165) is 20.7 Å². The van der Waals surface area contributed by atoms with Crippen LogP contribution in [0.15, 0.2) is 77.7 Å². The molecule has 0 fully saturated rings. The highest BCUT2D eigenvalue weighted by atomic mass is 32.2. The zero-order chi connectivity index (χ0) is 23.2. The van der Waals surface area contributed by atoms with E-state index >= 15 is 0 Å². The smallest absolute Gasteiger partial charge is 0.262 e. The lowest BCUT2D eigenvalue weighted by molar-refractivity contribution is -0.118. The highest BCUT2D eigenvalue weighted by molar-refractivity contribution is 8.00. The summed E-state index contributed by atoms with van der Waals surface area (Å²) in [6, 6.07) is 22.6. The van der Waals surface area contributed by atoms with E-state index in [4.69, 9.17) is 4.74 Å². The Balaban J connectivity index is 1.31. The number of anilines is 2. The van der Waals surface area contributed by atoms with Crippen molar-refractivity contribution in [3.05, 3.63) is 78.4 Å². The normalized spacial score (nSPS) is 11.7. The molecule has 0 aliphatic rings. The number of amides is 2. The van der Waals surface area contributed by atoms with Crippen LogP contribution in [-0.2, 0) is 9.59 Å². The molecule has 0 bridgehead atoms. The zero-order valence-corrected chi connectivity index (χ0v) is 19.8. The Morgan fingerprint density at radius 2 is 1.85 bits per heavy atom. The minimum Gasteiger partial charge on any atom is -0.484 e. The summed E-state index contributed by atoms with van der Waals surface area (Å²) in [4.78, 5) is 30.3. The number of carbonyl (C=O) groups is 2. The molecular weight excluding hydrogens is 454 g/mol. The number of nitrogens with one attached hydrogen (secondary N) is 2. The molecule has 6 nitrogen and oxygen atoms in total. The lowest BCUT2D eigenvalue weighted by Gasteiger charge is -2.12. The second kappa shape index (κ2) is 10.5. The number of rotatable bonds is 8. The molecule has 1 heterocycles. The third-order valence-corrected chi connectivity index (χ3v) is 6.71. The van der Waals surface area contributed by atoms with Crippen LogP contribution in [0.5, 0.6) is 5.75 Å². The fourth-order valence-corrected chi connectivity index (χ4v) is 4.95. The molecule has 0 aliphatic carbocycles. The molecule has 33 heavy (non-hydrogen) atoms. The first kappa shape index (κ1) is 22.8. The molecular formula is C25H23N3O3S2. The average molecular weight is 478 g/mol. The number of aryl methyl sites for hydroxylation is 1. The average Bonchev–Trinajstić information content (AvgIpc) is 3.20. The highest BCUT2D eigenvalue weighted by Gasteiger charge is 2.17. The quantitative estimate of drug-likeness (QED) is 0.316. The van der Waals surface area contributed by atoms with Gasteiger partial charge in [0.2, 0.25) is 5.91 Å². The summed E-state index contributed by atoms with van der Waals surface area (Å²) >= 11 is 2.88. The third kappa shape index (κ3) is 6.34. The van der Waals surface area contributed by atoms with Crippen molar-refractivity contribution in [1.29, 1.82) is 0 Å². The van der Waals surface area contributed by atoms with E-state index in [2.05, 4.69) is 21.7 Å². The summed E-state index contributed by atoms with van der Waals surface area (Å²) in [5.41, 5.74) is 2.68. The molecule has 1 atom stereocenters. The largest absolute Gasteiger partial charge is 0.484 e. The maximum absolute atomic E-state index is 12.7. The van der Waals surface area contributed by atoms with E-state index in [0.29, 0.717) is 16.6 Å². The summed E-state index contributed by atoms with van der Waals surface area (Å²) < 4.78 is 6.52. The molecule has 2 amide bonds. The van der Waals surface area contributed by atoms with Crippen molar-refractivity contribution in [3.8, 4) is 5.75 Å². The van der Waals surface area contributed by atoms with Crippen LogP contribution in [-0.4, -0.2) is 28.7 Å². The molecule has 2 N–H and O–H groups in total. The van der Waals surface area contributed by atoms with Crippen LogP contribution in [0.25, 0.3) is 10.2 Å². The second-order valence-corrected chi connectivity index (χ2v) is 9.86. The van der Waals surface area contributed by atoms with E-state index < -0.39 is 0 Å². The Kier molecular flexibility index (Phi) is 7.26. The number of carbonyl (C=O) groups excluding carboxylic acids is 2. The maximum atomic E-state index is 12.7. The predicted octanol–water partition coefficient (Wildman–Crippen LogP) is 5.74. The first-order valence-corrected chi connectivity index (χ1v) is 12.1. The Labute approximate surface area is 200 Å². The van der Waals surface area contributed by atoms with Crippen LogP contribution in [0.3, 0.4) is 0 Å². The van der Waals surface area contributed by atoms with Crippen molar-refractivity contribution in [1.82, 2.24) is 4.98 Å². The van der Waals surface area contributed by atoms with Gasteiger partial charge in [0.1, 0.15) is 5.75 Å². The van der Waals surface area contributed by atoms with E-state index in [-0.39, 0.29) is 23.7 Å². The number of thiazole rings is 1. The third-order valence-electron chi connectivity index (χ3n) is 4.69. The molecule has 0 radical (unpaired) electrons. The van der Waals surface area contributed by atoms with Gasteiger partial charge in [0.25, 0.3) is 5.91 Å². The van der Waals surface area contributed by atoms with Gasteiger partial charge in [-0.25, -0.2) is 4.98 Å². The predicted molar refractivity (Wildman–Crippen MR) is 135 cm³/mol. The minimum absolute atomic E-state index is 0.0815. The summed E-state index contributed by atoms with van der Waals surface area (Å²) in [7, 11) is 0. The number of para-hydroxylation sites is 1. The molecule has 1 aromatic heterocycles. The molecule has 0 saturated heterocycles.